The van der Waals surface area contributed by atoms with Gasteiger partial charge in [0, 0.05) is 87.7 Å². The van der Waals surface area contributed by atoms with Crippen LogP contribution in [0, 0.1) is 11.6 Å². The summed E-state index contributed by atoms with van der Waals surface area (Å²) in [5.41, 5.74) is 8.01. The molecule has 15 nitrogen and oxygen atoms in total. The Hall–Kier alpha value is -6.57. The Morgan fingerprint density at radius 3 is 1.39 bits per heavy atom. The first kappa shape index (κ1) is 53.4. The number of carbonyl (C=O) groups is 5. The van der Waals surface area contributed by atoms with Gasteiger partial charge in [-0.3, -0.25) is 14.4 Å². The first-order chi connectivity index (χ1) is 33.1. The van der Waals surface area contributed by atoms with Crippen LogP contribution in [0.3, 0.4) is 0 Å². The topological polar surface area (TPSA) is 161 Å². The Bertz CT molecular complexity index is 2380. The molecule has 4 aromatic rings. The highest BCUT2D eigenvalue weighted by Crippen LogP contribution is 2.23. The van der Waals surface area contributed by atoms with Gasteiger partial charge in [0.05, 0.1) is 40.4 Å². The van der Waals surface area contributed by atoms with Crippen LogP contribution in [0.15, 0.2) is 84.9 Å². The molecule has 2 aliphatic rings. The van der Waals surface area contributed by atoms with Crippen LogP contribution in [0.25, 0.3) is 0 Å². The van der Waals surface area contributed by atoms with Crippen molar-refractivity contribution in [1.29, 1.82) is 0 Å². The third-order valence-corrected chi connectivity index (χ3v) is 12.1. The van der Waals surface area contributed by atoms with Gasteiger partial charge in [-0.05, 0) is 62.3 Å². The maximum absolute atomic E-state index is 15.0. The molecule has 2 heterocycles. The van der Waals surface area contributed by atoms with Crippen LogP contribution in [0.1, 0.15) is 43.0 Å². The van der Waals surface area contributed by atoms with E-state index in [1.165, 1.54) is 18.2 Å². The van der Waals surface area contributed by atoms with Crippen LogP contribution in [-0.4, -0.2) is 172 Å². The second-order valence-electron chi connectivity index (χ2n) is 16.8. The van der Waals surface area contributed by atoms with Gasteiger partial charge in [-0.25, -0.2) is 18.4 Å². The smallest absolute Gasteiger partial charge is 0.320 e. The quantitative estimate of drug-likeness (QED) is 0.100. The number of rotatable bonds is 18. The van der Waals surface area contributed by atoms with Gasteiger partial charge in [0.1, 0.15) is 23.1 Å². The minimum atomic E-state index is -3.24. The number of nitrogens with one attached hydrogen (secondary N) is 1. The Morgan fingerprint density at radius 2 is 1.01 bits per heavy atom. The van der Waals surface area contributed by atoms with Crippen molar-refractivity contribution in [1.82, 2.24) is 34.7 Å². The molecule has 0 atom stereocenters. The molecule has 0 unspecified atom stereocenters. The lowest BCUT2D eigenvalue weighted by Crippen LogP contribution is -2.52. The summed E-state index contributed by atoms with van der Waals surface area (Å²) in [6.45, 7) is 5.42. The van der Waals surface area contributed by atoms with Crippen LogP contribution in [0.5, 0.6) is 11.5 Å². The molecule has 0 saturated carbocycles. The number of para-hydroxylation sites is 2. The summed E-state index contributed by atoms with van der Waals surface area (Å²) in [4.78, 5) is 72.8. The third kappa shape index (κ3) is 15.5. The number of Topliss-reactive ketones (excluding diaryl/α,β-unsaturated/α-hetero) is 2. The Balaban J connectivity index is 0.000000260. The number of nitrogens with zero attached hydrogens (tertiary/aromatic N) is 6. The number of likely N-dealkylation sites (N-methyl/N-ethyl adjacent to an activating group) is 2. The summed E-state index contributed by atoms with van der Waals surface area (Å²) in [5.74, 6) is -2.37. The van der Waals surface area contributed by atoms with E-state index in [0.29, 0.717) is 63.4 Å². The predicted molar refractivity (Wildman–Crippen MR) is 253 cm³/mol. The summed E-state index contributed by atoms with van der Waals surface area (Å²) in [5, 5.41) is 1.81. The Labute approximate surface area is 400 Å². The SMILES string of the molecule is COc1ccccc1CCN(Cc1ccc(C(=O)CN)cc1F)C(=O)N1CCN(C)CC1.COc1ccccc1CCN(Cc1ccc(C(=O)CNC(=O)C(F)F)cc1F)C(=O)N1CCN(C)CC1. The van der Waals surface area contributed by atoms with Gasteiger partial charge < -0.3 is 49.9 Å². The van der Waals surface area contributed by atoms with E-state index < -0.39 is 36.3 Å². The fraction of sp³-hybridized carbons (Fsp3) is 0.420. The summed E-state index contributed by atoms with van der Waals surface area (Å²) < 4.78 is 65.3. The van der Waals surface area contributed by atoms with Crippen molar-refractivity contribution in [3.05, 3.63) is 130 Å². The van der Waals surface area contributed by atoms with E-state index in [2.05, 4.69) is 9.80 Å². The average Bonchev–Trinajstić information content (AvgIpc) is 3.36. The Morgan fingerprint density at radius 1 is 0.609 bits per heavy atom. The van der Waals surface area contributed by atoms with Gasteiger partial charge in [0.15, 0.2) is 11.6 Å². The van der Waals surface area contributed by atoms with Gasteiger partial charge in [-0.15, -0.1) is 0 Å². The number of benzene rings is 4. The number of alkyl halides is 2. The van der Waals surface area contributed by atoms with Gasteiger partial charge in [0.25, 0.3) is 5.91 Å². The van der Waals surface area contributed by atoms with Crippen molar-refractivity contribution >= 4 is 29.5 Å². The fourth-order valence-electron chi connectivity index (χ4n) is 7.78. The molecule has 0 aromatic heterocycles. The minimum Gasteiger partial charge on any atom is -0.496 e. The maximum atomic E-state index is 15.0. The molecule has 19 heteroatoms. The molecule has 0 radical (unpaired) electrons. The lowest BCUT2D eigenvalue weighted by molar-refractivity contribution is -0.131. The van der Waals surface area contributed by atoms with E-state index in [9.17, 15) is 41.5 Å². The van der Waals surface area contributed by atoms with Crippen molar-refractivity contribution < 1.29 is 51.0 Å². The van der Waals surface area contributed by atoms with E-state index in [0.717, 1.165) is 49.1 Å². The molecular formula is C50H62F4N8O7. The number of piperazine rings is 2. The second-order valence-corrected chi connectivity index (χ2v) is 16.8. The van der Waals surface area contributed by atoms with Crippen molar-refractivity contribution in [2.75, 3.05) is 107 Å². The van der Waals surface area contributed by atoms with Crippen LogP contribution in [0.2, 0.25) is 0 Å². The molecule has 6 rings (SSSR count). The molecule has 372 valence electrons. The predicted octanol–water partition coefficient (Wildman–Crippen LogP) is 5.20. The maximum Gasteiger partial charge on any atom is 0.320 e. The van der Waals surface area contributed by atoms with Gasteiger partial charge >= 0.3 is 18.5 Å². The zero-order valence-electron chi connectivity index (χ0n) is 39.6. The number of hydrogen-bond donors (Lipinski definition) is 2. The molecular weight excluding hydrogens is 901 g/mol. The number of ether oxygens (including phenoxy) is 2. The third-order valence-electron chi connectivity index (χ3n) is 12.1. The van der Waals surface area contributed by atoms with Crippen molar-refractivity contribution in [3.63, 3.8) is 0 Å². The number of carbonyl (C=O) groups excluding carboxylic acids is 5. The molecule has 0 bridgehead atoms. The molecule has 4 aromatic carbocycles. The van der Waals surface area contributed by atoms with Crippen LogP contribution in [0.4, 0.5) is 27.2 Å². The number of hydrogen-bond acceptors (Lipinski definition) is 10. The van der Waals surface area contributed by atoms with E-state index >= 15 is 0 Å². The fourth-order valence-corrected chi connectivity index (χ4v) is 7.78. The normalized spacial score (nSPS) is 14.1. The van der Waals surface area contributed by atoms with E-state index in [1.807, 2.05) is 72.8 Å². The largest absolute Gasteiger partial charge is 0.496 e. The van der Waals surface area contributed by atoms with Crippen molar-refractivity contribution in [2.24, 2.45) is 5.73 Å². The zero-order chi connectivity index (χ0) is 50.0. The van der Waals surface area contributed by atoms with Crippen molar-refractivity contribution in [2.45, 2.75) is 32.4 Å². The first-order valence-corrected chi connectivity index (χ1v) is 22.7. The summed E-state index contributed by atoms with van der Waals surface area (Å²) >= 11 is 0. The molecule has 3 N–H and O–H groups in total. The molecule has 0 spiro atoms. The molecule has 69 heavy (non-hydrogen) atoms. The highest BCUT2D eigenvalue weighted by Gasteiger charge is 2.28. The molecule has 2 fully saturated rings. The standard InChI is InChI=1S/C26H31F3N4O4.C24H31FN4O3/c1-31-11-13-32(14-12-31)26(36)33(10-9-18-5-3-4-6-23(18)37-2)17-20-8-7-19(15-21(20)27)22(34)16-30-25(35)24(28)29;1-27-11-13-28(14-12-27)24(31)29(10-9-18-5-3-4-6-23(18)32-2)17-20-8-7-19(15-21(20)25)22(30)16-26/h3-8,15,24H,9-14,16-17H2,1-2H3,(H,30,35);3-8,15H,9-14,16-17,26H2,1-2H3. The van der Waals surface area contributed by atoms with Gasteiger partial charge in [-0.2, -0.15) is 8.78 Å². The lowest BCUT2D eigenvalue weighted by atomic mass is 10.1. The number of halogens is 4. The van der Waals surface area contributed by atoms with Gasteiger partial charge in [-0.1, -0.05) is 60.7 Å². The van der Waals surface area contributed by atoms with E-state index in [4.69, 9.17) is 15.2 Å². The number of nitrogens with two attached hydrogens (primary N) is 1. The summed E-state index contributed by atoms with van der Waals surface area (Å²) in [6.07, 6.45) is -2.17. The summed E-state index contributed by atoms with van der Waals surface area (Å²) in [6, 6.07) is 22.9. The van der Waals surface area contributed by atoms with Crippen LogP contribution < -0.4 is 20.5 Å². The molecule has 5 amide bonds. The number of methoxy groups -OCH3 is 2. The van der Waals surface area contributed by atoms with Crippen LogP contribution >= 0.6 is 0 Å². The highest BCUT2D eigenvalue weighted by molar-refractivity contribution is 5.99. The number of amides is 5. The first-order valence-electron chi connectivity index (χ1n) is 22.7. The number of ketones is 2. The lowest BCUT2D eigenvalue weighted by Gasteiger charge is -2.36. The molecule has 2 saturated heterocycles. The monoisotopic (exact) mass is 962 g/mol. The summed E-state index contributed by atoms with van der Waals surface area (Å²) in [7, 11) is 7.20. The van der Waals surface area contributed by atoms with Crippen molar-refractivity contribution in [3.8, 4) is 11.5 Å². The number of urea groups is 2. The average molecular weight is 963 g/mol. The molecule has 2 aliphatic heterocycles. The van der Waals surface area contributed by atoms with E-state index in [-0.39, 0.29) is 54.2 Å². The van der Waals surface area contributed by atoms with Crippen LogP contribution in [-0.2, 0) is 30.7 Å². The van der Waals surface area contributed by atoms with Gasteiger partial charge in [0.2, 0.25) is 0 Å². The van der Waals surface area contributed by atoms with E-state index in [1.54, 1.807) is 41.1 Å². The highest BCUT2D eigenvalue weighted by atomic mass is 19.3. The zero-order valence-corrected chi connectivity index (χ0v) is 39.6. The second kappa shape index (κ2) is 26.3. The minimum absolute atomic E-state index is 0.0251. The molecule has 0 aliphatic carbocycles. The Kier molecular flexibility index (Phi) is 20.3.